The predicted octanol–water partition coefficient (Wildman–Crippen LogP) is 3.83. The number of nitrogens with zero attached hydrogens (tertiary/aromatic N) is 4. The van der Waals surface area contributed by atoms with E-state index in [4.69, 9.17) is 0 Å². The summed E-state index contributed by atoms with van der Waals surface area (Å²) in [4.78, 5) is 11.9. The number of anilines is 1. The smallest absolute Gasteiger partial charge is 0.359 e. The van der Waals surface area contributed by atoms with Crippen LogP contribution in [0.2, 0.25) is 0 Å². The van der Waals surface area contributed by atoms with Crippen molar-refractivity contribution >= 4 is 16.3 Å². The maximum Gasteiger partial charge on any atom is 0.451 e. The maximum absolute atomic E-state index is 13.2. The minimum Gasteiger partial charge on any atom is -0.359 e. The van der Waals surface area contributed by atoms with Gasteiger partial charge in [0.05, 0.1) is 0 Å². The first-order valence-electron chi connectivity index (χ1n) is 8.05. The third-order valence-corrected chi connectivity index (χ3v) is 5.23. The first-order chi connectivity index (χ1) is 12.6. The van der Waals surface area contributed by atoms with Gasteiger partial charge >= 0.3 is 12.4 Å². The molecule has 5 nitrogen and oxygen atoms in total. The van der Waals surface area contributed by atoms with E-state index in [1.165, 1.54) is 0 Å². The molecule has 0 spiro atoms. The lowest BCUT2D eigenvalue weighted by molar-refractivity contribution is -0.145. The molecule has 0 amide bonds. The third-order valence-electron chi connectivity index (χ3n) is 4.07. The van der Waals surface area contributed by atoms with Crippen LogP contribution in [0.3, 0.4) is 0 Å². The number of hydrogen-bond donors (Lipinski definition) is 1. The number of hydrogen-bond acceptors (Lipinski definition) is 6. The molecule has 0 bridgehead atoms. The van der Waals surface area contributed by atoms with Crippen LogP contribution in [0.25, 0.3) is 11.3 Å². The molecular weight excluding hydrogens is 396 g/mol. The van der Waals surface area contributed by atoms with Gasteiger partial charge in [-0.05, 0) is 6.42 Å². The summed E-state index contributed by atoms with van der Waals surface area (Å²) < 4.78 is 77.4. The Morgan fingerprint density at radius 1 is 1.15 bits per heavy atom. The van der Waals surface area contributed by atoms with Crippen LogP contribution in [0, 0.1) is 0 Å². The lowest BCUT2D eigenvalue weighted by Gasteiger charge is -2.34. The highest BCUT2D eigenvalue weighted by Gasteiger charge is 2.38. The Balaban J connectivity index is 2.02. The van der Waals surface area contributed by atoms with Crippen LogP contribution in [0.5, 0.6) is 0 Å². The van der Waals surface area contributed by atoms with Gasteiger partial charge in [0.1, 0.15) is 10.7 Å². The van der Waals surface area contributed by atoms with Crippen molar-refractivity contribution in [3.05, 3.63) is 23.2 Å². The molecule has 1 N–H and O–H groups in total. The topological polar surface area (TPSA) is 53.9 Å². The van der Waals surface area contributed by atoms with Crippen LogP contribution < -0.4 is 10.2 Å². The van der Waals surface area contributed by atoms with Gasteiger partial charge in [-0.3, -0.25) is 0 Å². The van der Waals surface area contributed by atoms with Crippen LogP contribution in [0.4, 0.5) is 31.3 Å². The van der Waals surface area contributed by atoms with Crippen molar-refractivity contribution in [3.8, 4) is 11.3 Å². The molecule has 2 aromatic heterocycles. The fourth-order valence-corrected chi connectivity index (χ4v) is 3.71. The van der Waals surface area contributed by atoms with Crippen LogP contribution in [-0.2, 0) is 12.4 Å². The summed E-state index contributed by atoms with van der Waals surface area (Å²) in [6.45, 7) is 3.48. The van der Waals surface area contributed by atoms with Gasteiger partial charge < -0.3 is 10.2 Å². The zero-order valence-corrected chi connectivity index (χ0v) is 14.8. The van der Waals surface area contributed by atoms with Crippen LogP contribution >= 0.6 is 11.3 Å². The van der Waals surface area contributed by atoms with E-state index in [1.54, 1.807) is 4.90 Å². The molecule has 1 aliphatic rings. The minimum absolute atomic E-state index is 0.0105. The Labute approximate surface area is 154 Å². The number of nitrogens with one attached hydrogen (secondary N) is 1. The highest BCUT2D eigenvalue weighted by molar-refractivity contribution is 7.16. The maximum atomic E-state index is 13.2. The number of halogens is 6. The molecule has 2 aromatic rings. The molecule has 0 saturated carbocycles. The number of rotatable bonds is 3. The van der Waals surface area contributed by atoms with Gasteiger partial charge in [-0.1, -0.05) is 18.3 Å². The number of alkyl halides is 6. The highest BCUT2D eigenvalue weighted by Crippen LogP contribution is 2.42. The molecule has 27 heavy (non-hydrogen) atoms. The van der Waals surface area contributed by atoms with Crippen molar-refractivity contribution in [2.45, 2.75) is 31.7 Å². The molecule has 1 atom stereocenters. The molecule has 3 rings (SSSR count). The van der Waals surface area contributed by atoms with Crippen molar-refractivity contribution in [2.24, 2.45) is 0 Å². The Kier molecular flexibility index (Phi) is 5.30. The molecule has 0 radical (unpaired) electrons. The molecule has 3 heterocycles. The van der Waals surface area contributed by atoms with Crippen LogP contribution in [-0.4, -0.2) is 40.6 Å². The molecule has 1 aliphatic heterocycles. The minimum atomic E-state index is -4.73. The Hall–Kier alpha value is -1.95. The van der Waals surface area contributed by atoms with E-state index in [9.17, 15) is 26.3 Å². The number of aromatic nitrogens is 3. The summed E-state index contributed by atoms with van der Waals surface area (Å²) in [6.07, 6.45) is -6.88. The first kappa shape index (κ1) is 19.8. The lowest BCUT2D eigenvalue weighted by atomic mass is 10.1. The number of thiazole rings is 1. The van der Waals surface area contributed by atoms with Gasteiger partial charge in [-0.25, -0.2) is 15.0 Å². The van der Waals surface area contributed by atoms with Gasteiger partial charge in [0, 0.05) is 43.6 Å². The summed E-state index contributed by atoms with van der Waals surface area (Å²) in [6, 6.07) is 0.104. The second-order valence-corrected chi connectivity index (χ2v) is 6.95. The molecule has 0 aromatic carbocycles. The van der Waals surface area contributed by atoms with E-state index in [0.717, 1.165) is 18.8 Å². The normalized spacial score (nSPS) is 18.8. The van der Waals surface area contributed by atoms with Crippen molar-refractivity contribution in [3.63, 3.8) is 0 Å². The second kappa shape index (κ2) is 7.23. The summed E-state index contributed by atoms with van der Waals surface area (Å²) in [5.41, 5.74) is -0.0471. The summed E-state index contributed by atoms with van der Waals surface area (Å²) in [5.74, 6) is -1.35. The number of piperazine rings is 1. The zero-order valence-electron chi connectivity index (χ0n) is 14.0. The fraction of sp³-hybridized carbons (Fsp3) is 0.533. The zero-order chi connectivity index (χ0) is 19.8. The summed E-state index contributed by atoms with van der Waals surface area (Å²) in [7, 11) is 0. The standard InChI is InChI=1S/C15H15F6N5S/c1-2-9-7-26(4-3-22-9)11-10(25-13(27-11)15(19,20)21)8-5-23-12(24-6-8)14(16,17)18/h5-6,9,22H,2-4,7H2,1H3. The van der Waals surface area contributed by atoms with Gasteiger partial charge in [0.25, 0.3) is 0 Å². The van der Waals surface area contributed by atoms with E-state index in [1.807, 2.05) is 6.92 Å². The fourth-order valence-electron chi connectivity index (χ4n) is 2.72. The largest absolute Gasteiger partial charge is 0.451 e. The molecule has 1 fully saturated rings. The molecular formula is C15H15F6N5S. The van der Waals surface area contributed by atoms with Gasteiger partial charge in [0.2, 0.25) is 10.8 Å². The van der Waals surface area contributed by atoms with Gasteiger partial charge in [-0.2, -0.15) is 26.3 Å². The van der Waals surface area contributed by atoms with Crippen molar-refractivity contribution in [1.82, 2.24) is 20.3 Å². The molecule has 0 aliphatic carbocycles. The van der Waals surface area contributed by atoms with E-state index >= 15 is 0 Å². The monoisotopic (exact) mass is 411 g/mol. The van der Waals surface area contributed by atoms with Crippen molar-refractivity contribution in [2.75, 3.05) is 24.5 Å². The summed E-state index contributed by atoms with van der Waals surface area (Å²) in [5, 5.41) is 2.46. The second-order valence-electron chi connectivity index (χ2n) is 5.97. The average Bonchev–Trinajstić information content (AvgIpc) is 3.07. The highest BCUT2D eigenvalue weighted by atomic mass is 32.1. The molecule has 1 unspecified atom stereocenters. The van der Waals surface area contributed by atoms with Crippen LogP contribution in [0.1, 0.15) is 24.2 Å². The average molecular weight is 411 g/mol. The lowest BCUT2D eigenvalue weighted by Crippen LogP contribution is -2.50. The molecule has 12 heteroatoms. The van der Waals surface area contributed by atoms with Crippen molar-refractivity contribution < 1.29 is 26.3 Å². The van der Waals surface area contributed by atoms with E-state index in [-0.39, 0.29) is 22.3 Å². The predicted molar refractivity (Wildman–Crippen MR) is 87.4 cm³/mol. The van der Waals surface area contributed by atoms with Gasteiger partial charge in [0.15, 0.2) is 0 Å². The summed E-state index contributed by atoms with van der Waals surface area (Å²) >= 11 is 0.474. The first-order valence-corrected chi connectivity index (χ1v) is 8.87. The Morgan fingerprint density at radius 3 is 2.37 bits per heavy atom. The molecule has 1 saturated heterocycles. The SMILES string of the molecule is CCC1CN(c2sc(C(F)(F)F)nc2-c2cnc(C(F)(F)F)nc2)CCN1. The van der Waals surface area contributed by atoms with E-state index < -0.39 is 23.2 Å². The van der Waals surface area contributed by atoms with Crippen LogP contribution in [0.15, 0.2) is 12.4 Å². The quantitative estimate of drug-likeness (QED) is 0.779. The third kappa shape index (κ3) is 4.32. The van der Waals surface area contributed by atoms with Gasteiger partial charge in [-0.15, -0.1) is 0 Å². The Bertz CT molecular complexity index is 785. The van der Waals surface area contributed by atoms with E-state index in [2.05, 4.69) is 20.3 Å². The van der Waals surface area contributed by atoms with E-state index in [0.29, 0.717) is 31.0 Å². The molecule has 148 valence electrons. The Morgan fingerprint density at radius 2 is 1.81 bits per heavy atom. The van der Waals surface area contributed by atoms with Crippen molar-refractivity contribution in [1.29, 1.82) is 0 Å².